The molecule has 1 aromatic heterocycles. The summed E-state index contributed by atoms with van der Waals surface area (Å²) in [5.41, 5.74) is 7.24. The molecular formula is C22H28N6O4S. The third-order valence-electron chi connectivity index (χ3n) is 5.49. The van der Waals surface area contributed by atoms with Crippen molar-refractivity contribution in [3.63, 3.8) is 0 Å². The van der Waals surface area contributed by atoms with Gasteiger partial charge in [-0.25, -0.2) is 4.98 Å². The number of nitrogens with one attached hydrogen (secondary N) is 2. The SMILES string of the molecule is CC(C)NC(=O)c1ccc(N2CCC[C@H](COc3cccc4c3C(N)=NS(=O)(=O)N4)C2)nc1. The molecular weight excluding hydrogens is 444 g/mol. The van der Waals surface area contributed by atoms with Gasteiger partial charge in [0.25, 0.3) is 5.91 Å². The molecule has 0 radical (unpaired) electrons. The lowest BCUT2D eigenvalue weighted by Crippen LogP contribution is -2.38. The molecule has 2 aliphatic heterocycles. The standard InChI is InChI=1S/C22H28N6O4S/c1-14(2)25-22(29)16-8-9-19(24-11-16)28-10-4-5-15(12-28)13-32-18-7-3-6-17-20(18)21(23)27-33(30,31)26-17/h3,6-9,11,14-15,26H,4-5,10,12-13H2,1-2H3,(H2,23,27)(H,25,29)/t15-/m0/s1. The van der Waals surface area contributed by atoms with Crippen LogP contribution in [0.25, 0.3) is 0 Å². The lowest BCUT2D eigenvalue weighted by molar-refractivity contribution is 0.0942. The van der Waals surface area contributed by atoms with Crippen LogP contribution in [0.15, 0.2) is 40.9 Å². The molecule has 4 rings (SSSR count). The van der Waals surface area contributed by atoms with Crippen LogP contribution in [0.3, 0.4) is 0 Å². The van der Waals surface area contributed by atoms with Crippen molar-refractivity contribution in [2.45, 2.75) is 32.7 Å². The number of rotatable bonds is 6. The summed E-state index contributed by atoms with van der Waals surface area (Å²) in [4.78, 5) is 18.8. The number of hydrogen-bond acceptors (Lipinski definition) is 7. The Kier molecular flexibility index (Phi) is 6.41. The first kappa shape index (κ1) is 22.8. The molecule has 0 aliphatic carbocycles. The van der Waals surface area contributed by atoms with E-state index in [9.17, 15) is 13.2 Å². The molecule has 1 atom stereocenters. The summed E-state index contributed by atoms with van der Waals surface area (Å²) in [7, 11) is -3.83. The molecule has 11 heteroatoms. The first-order valence-electron chi connectivity index (χ1n) is 10.9. The van der Waals surface area contributed by atoms with Gasteiger partial charge in [0.2, 0.25) is 0 Å². The van der Waals surface area contributed by atoms with E-state index in [4.69, 9.17) is 10.5 Å². The van der Waals surface area contributed by atoms with E-state index in [1.807, 2.05) is 19.9 Å². The normalized spacial score (nSPS) is 19.3. The minimum atomic E-state index is -3.83. The summed E-state index contributed by atoms with van der Waals surface area (Å²) in [6.07, 6.45) is 3.59. The summed E-state index contributed by atoms with van der Waals surface area (Å²) in [5.74, 6) is 1.34. The quantitative estimate of drug-likeness (QED) is 0.583. The first-order chi connectivity index (χ1) is 15.7. The van der Waals surface area contributed by atoms with Gasteiger partial charge in [-0.3, -0.25) is 9.52 Å². The van der Waals surface area contributed by atoms with Gasteiger partial charge in [-0.1, -0.05) is 6.07 Å². The fourth-order valence-electron chi connectivity index (χ4n) is 4.01. The van der Waals surface area contributed by atoms with E-state index >= 15 is 0 Å². The number of amides is 1. The molecule has 176 valence electrons. The van der Waals surface area contributed by atoms with Crippen LogP contribution in [0, 0.1) is 5.92 Å². The van der Waals surface area contributed by atoms with Gasteiger partial charge < -0.3 is 20.7 Å². The van der Waals surface area contributed by atoms with Crippen LogP contribution in [0.4, 0.5) is 11.5 Å². The predicted molar refractivity (Wildman–Crippen MR) is 127 cm³/mol. The van der Waals surface area contributed by atoms with Crippen molar-refractivity contribution >= 4 is 33.5 Å². The first-order valence-corrected chi connectivity index (χ1v) is 12.3. The fourth-order valence-corrected chi connectivity index (χ4v) is 4.85. The van der Waals surface area contributed by atoms with E-state index in [1.165, 1.54) is 0 Å². The number of nitrogens with zero attached hydrogens (tertiary/aromatic N) is 3. The molecule has 0 unspecified atom stereocenters. The average Bonchev–Trinajstić information content (AvgIpc) is 2.76. The van der Waals surface area contributed by atoms with Crippen LogP contribution in [0.2, 0.25) is 0 Å². The van der Waals surface area contributed by atoms with Crippen LogP contribution in [-0.4, -0.2) is 50.9 Å². The molecule has 1 saturated heterocycles. The molecule has 4 N–H and O–H groups in total. The maximum atomic E-state index is 12.1. The number of carbonyl (C=O) groups excluding carboxylic acids is 1. The molecule has 3 heterocycles. The van der Waals surface area contributed by atoms with Crippen molar-refractivity contribution in [2.75, 3.05) is 29.3 Å². The molecule has 0 bridgehead atoms. The van der Waals surface area contributed by atoms with E-state index in [0.717, 1.165) is 31.7 Å². The van der Waals surface area contributed by atoms with Gasteiger partial charge in [0, 0.05) is 31.2 Å². The minimum absolute atomic E-state index is 0.0667. The Labute approximate surface area is 193 Å². The van der Waals surface area contributed by atoms with E-state index in [2.05, 4.69) is 24.3 Å². The Bertz CT molecular complexity index is 1160. The summed E-state index contributed by atoms with van der Waals surface area (Å²) in [6, 6.07) is 8.82. The third kappa shape index (κ3) is 5.36. The highest BCUT2D eigenvalue weighted by Gasteiger charge is 2.26. The van der Waals surface area contributed by atoms with Crippen molar-refractivity contribution in [2.24, 2.45) is 16.0 Å². The number of pyridine rings is 1. The maximum Gasteiger partial charge on any atom is 0.344 e. The van der Waals surface area contributed by atoms with Gasteiger partial charge in [-0.2, -0.15) is 8.42 Å². The third-order valence-corrected chi connectivity index (χ3v) is 6.40. The number of hydrogen-bond donors (Lipinski definition) is 3. The van der Waals surface area contributed by atoms with Crippen molar-refractivity contribution in [1.82, 2.24) is 10.3 Å². The van der Waals surface area contributed by atoms with Gasteiger partial charge in [-0.05, 0) is 51.0 Å². The zero-order valence-electron chi connectivity index (χ0n) is 18.6. The molecule has 1 fully saturated rings. The highest BCUT2D eigenvalue weighted by molar-refractivity contribution is 7.91. The second-order valence-electron chi connectivity index (χ2n) is 8.53. The Balaban J connectivity index is 1.40. The number of aromatic nitrogens is 1. The Morgan fingerprint density at radius 3 is 2.88 bits per heavy atom. The van der Waals surface area contributed by atoms with E-state index in [0.29, 0.717) is 29.2 Å². The average molecular weight is 473 g/mol. The van der Waals surface area contributed by atoms with E-state index in [1.54, 1.807) is 30.5 Å². The minimum Gasteiger partial charge on any atom is -0.492 e. The Morgan fingerprint density at radius 1 is 1.33 bits per heavy atom. The number of nitrogens with two attached hydrogens (primary N) is 1. The van der Waals surface area contributed by atoms with Crippen molar-refractivity contribution in [3.05, 3.63) is 47.7 Å². The van der Waals surface area contributed by atoms with Gasteiger partial charge in [0.05, 0.1) is 23.4 Å². The number of piperidine rings is 1. The zero-order valence-corrected chi connectivity index (χ0v) is 19.4. The number of anilines is 2. The molecule has 0 saturated carbocycles. The molecule has 33 heavy (non-hydrogen) atoms. The van der Waals surface area contributed by atoms with E-state index in [-0.39, 0.29) is 23.7 Å². The molecule has 10 nitrogen and oxygen atoms in total. The largest absolute Gasteiger partial charge is 0.492 e. The fraction of sp³-hybridized carbons (Fsp3) is 0.409. The lowest BCUT2D eigenvalue weighted by atomic mass is 9.99. The highest BCUT2D eigenvalue weighted by Crippen LogP contribution is 2.31. The Hall–Kier alpha value is -3.34. The number of carbonyl (C=O) groups is 1. The predicted octanol–water partition coefficient (Wildman–Crippen LogP) is 1.89. The van der Waals surface area contributed by atoms with Gasteiger partial charge >= 0.3 is 10.2 Å². The molecule has 1 amide bonds. The second kappa shape index (κ2) is 9.26. The maximum absolute atomic E-state index is 12.1. The number of ether oxygens (including phenoxy) is 1. The summed E-state index contributed by atoms with van der Waals surface area (Å²) >= 11 is 0. The zero-order chi connectivity index (χ0) is 23.6. The van der Waals surface area contributed by atoms with Gasteiger partial charge in [0.1, 0.15) is 11.6 Å². The van der Waals surface area contributed by atoms with Crippen molar-refractivity contribution in [3.8, 4) is 5.75 Å². The summed E-state index contributed by atoms with van der Waals surface area (Å²) in [5, 5.41) is 2.86. The monoisotopic (exact) mass is 472 g/mol. The smallest absolute Gasteiger partial charge is 0.344 e. The van der Waals surface area contributed by atoms with Crippen LogP contribution in [0.5, 0.6) is 5.75 Å². The van der Waals surface area contributed by atoms with E-state index < -0.39 is 10.2 Å². The second-order valence-corrected chi connectivity index (χ2v) is 9.87. The van der Waals surface area contributed by atoms with Crippen molar-refractivity contribution in [1.29, 1.82) is 0 Å². The molecule has 1 aromatic carbocycles. The highest BCUT2D eigenvalue weighted by atomic mass is 32.2. The van der Waals surface area contributed by atoms with Crippen LogP contribution in [-0.2, 0) is 10.2 Å². The van der Waals surface area contributed by atoms with Crippen molar-refractivity contribution < 1.29 is 17.9 Å². The molecule has 0 spiro atoms. The van der Waals surface area contributed by atoms with Crippen LogP contribution in [0.1, 0.15) is 42.6 Å². The molecule has 2 aliphatic rings. The number of benzene rings is 1. The van der Waals surface area contributed by atoms with Crippen LogP contribution < -0.4 is 25.4 Å². The number of fused-ring (bicyclic) bond motifs is 1. The molecule has 2 aromatic rings. The van der Waals surface area contributed by atoms with Gasteiger partial charge in [-0.15, -0.1) is 4.40 Å². The summed E-state index contributed by atoms with van der Waals surface area (Å²) in [6.45, 7) is 5.92. The van der Waals surface area contributed by atoms with Crippen LogP contribution >= 0.6 is 0 Å². The Morgan fingerprint density at radius 2 is 2.15 bits per heavy atom. The lowest BCUT2D eigenvalue weighted by Gasteiger charge is -2.33. The summed E-state index contributed by atoms with van der Waals surface area (Å²) < 4.78 is 35.5. The van der Waals surface area contributed by atoms with Gasteiger partial charge in [0.15, 0.2) is 5.84 Å². The topological polar surface area (TPSA) is 139 Å². The number of amidine groups is 1.